The number of hydrogen-bond acceptors (Lipinski definition) is 9. The molecule has 0 aliphatic carbocycles. The van der Waals surface area contributed by atoms with Crippen LogP contribution in [-0.4, -0.2) is 97.5 Å². The molecule has 0 fully saturated rings. The molecule has 1 aromatic heterocycles. The van der Waals surface area contributed by atoms with Gasteiger partial charge in [0.25, 0.3) is 5.91 Å². The first-order chi connectivity index (χ1) is 21.1. The van der Waals surface area contributed by atoms with Crippen LogP contribution in [0, 0.1) is 19.8 Å². The molecule has 1 aliphatic rings. The van der Waals surface area contributed by atoms with Crippen LogP contribution in [0.3, 0.4) is 0 Å². The highest BCUT2D eigenvalue weighted by Gasteiger charge is 2.34. The molecule has 3 N–H and O–H groups in total. The minimum absolute atomic E-state index is 0.0260. The third-order valence-electron chi connectivity index (χ3n) is 7.80. The summed E-state index contributed by atoms with van der Waals surface area (Å²) in [5.74, 6) is -0.153. The molecule has 1 aliphatic heterocycles. The van der Waals surface area contributed by atoms with E-state index in [9.17, 15) is 23.1 Å². The number of aliphatic hydroxyl groups excluding tert-OH is 1. The average molecular weight is 652 g/mol. The minimum Gasteiger partial charge on any atom is -0.490 e. The van der Waals surface area contributed by atoms with Crippen molar-refractivity contribution in [1.29, 1.82) is 0 Å². The van der Waals surface area contributed by atoms with Crippen LogP contribution < -0.4 is 15.4 Å². The van der Waals surface area contributed by atoms with Crippen molar-refractivity contribution in [2.45, 2.75) is 96.9 Å². The first-order valence-corrected chi connectivity index (χ1v) is 16.9. The fraction of sp³-hybridized carbons (Fsp3) is 0.645. The number of likely N-dealkylation sites (N-methyl/N-ethyl adjacent to an activating group) is 1. The molecule has 1 aromatic carbocycles. The number of benzene rings is 1. The molecule has 0 bridgehead atoms. The molecule has 3 rings (SSSR count). The van der Waals surface area contributed by atoms with Crippen molar-refractivity contribution < 1.29 is 37.1 Å². The zero-order chi connectivity index (χ0) is 33.5. The Morgan fingerprint density at radius 1 is 1.20 bits per heavy atom. The molecule has 45 heavy (non-hydrogen) atoms. The first-order valence-electron chi connectivity index (χ1n) is 15.5. The van der Waals surface area contributed by atoms with Crippen LogP contribution in [0.2, 0.25) is 0 Å². The van der Waals surface area contributed by atoms with E-state index >= 15 is 0 Å². The number of urea groups is 1. The van der Waals surface area contributed by atoms with Gasteiger partial charge in [-0.05, 0) is 79.0 Å². The summed E-state index contributed by atoms with van der Waals surface area (Å²) in [6.45, 7) is 12.7. The molecule has 3 amide bonds. The van der Waals surface area contributed by atoms with Gasteiger partial charge in [-0.25, -0.2) is 13.2 Å². The number of hydrogen-bond donors (Lipinski definition) is 3. The van der Waals surface area contributed by atoms with E-state index in [-0.39, 0.29) is 59.7 Å². The first kappa shape index (κ1) is 36.3. The van der Waals surface area contributed by atoms with Crippen LogP contribution in [0.15, 0.2) is 27.6 Å². The summed E-state index contributed by atoms with van der Waals surface area (Å²) in [5.41, 5.74) is 0.928. The monoisotopic (exact) mass is 651 g/mol. The summed E-state index contributed by atoms with van der Waals surface area (Å²) in [7, 11) is -2.45. The summed E-state index contributed by atoms with van der Waals surface area (Å²) in [5, 5.41) is 19.5. The SMILES string of the molecule is Cc1noc(C)c1S(=O)(=O)N(C)C[C@@H]1OCCCC[C@H](C)Oc2ccc(NC(=O)NC(C)C)cc2C(=O)N([C@@H](C)CO)C[C@H]1C. The van der Waals surface area contributed by atoms with E-state index in [4.69, 9.17) is 14.0 Å². The van der Waals surface area contributed by atoms with E-state index in [1.807, 2.05) is 27.7 Å². The maximum Gasteiger partial charge on any atom is 0.319 e. The molecule has 14 heteroatoms. The Labute approximate surface area is 266 Å². The van der Waals surface area contributed by atoms with Gasteiger partial charge in [0.1, 0.15) is 16.3 Å². The lowest BCUT2D eigenvalue weighted by atomic mass is 10.0. The molecule has 0 spiro atoms. The predicted molar refractivity (Wildman–Crippen MR) is 170 cm³/mol. The van der Waals surface area contributed by atoms with Crippen molar-refractivity contribution in [2.24, 2.45) is 5.92 Å². The Bertz CT molecular complexity index is 1390. The number of anilines is 1. The number of fused-ring (bicyclic) bond motifs is 1. The van der Waals surface area contributed by atoms with E-state index in [0.29, 0.717) is 24.5 Å². The van der Waals surface area contributed by atoms with Gasteiger partial charge in [-0.3, -0.25) is 4.79 Å². The van der Waals surface area contributed by atoms with Gasteiger partial charge in [0.15, 0.2) is 5.76 Å². The molecule has 0 unspecified atom stereocenters. The lowest BCUT2D eigenvalue weighted by Crippen LogP contribution is -2.48. The van der Waals surface area contributed by atoms with Gasteiger partial charge in [0.2, 0.25) is 10.0 Å². The molecule has 0 radical (unpaired) electrons. The Morgan fingerprint density at radius 3 is 2.53 bits per heavy atom. The van der Waals surface area contributed by atoms with Crippen molar-refractivity contribution >= 4 is 27.6 Å². The molecule has 2 aromatic rings. The number of rotatable bonds is 8. The Hall–Kier alpha value is -3.20. The second-order valence-corrected chi connectivity index (χ2v) is 14.2. The van der Waals surface area contributed by atoms with Gasteiger partial charge in [0.05, 0.1) is 30.4 Å². The molecule has 0 saturated carbocycles. The van der Waals surface area contributed by atoms with Gasteiger partial charge >= 0.3 is 6.03 Å². The van der Waals surface area contributed by atoms with E-state index in [2.05, 4.69) is 15.8 Å². The minimum atomic E-state index is -3.94. The topological polar surface area (TPSA) is 164 Å². The van der Waals surface area contributed by atoms with Crippen LogP contribution in [0.25, 0.3) is 0 Å². The summed E-state index contributed by atoms with van der Waals surface area (Å²) in [6.07, 6.45) is 1.43. The molecule has 4 atom stereocenters. The molecule has 252 valence electrons. The number of aromatic nitrogens is 1. The van der Waals surface area contributed by atoms with Gasteiger partial charge < -0.3 is 34.6 Å². The number of nitrogens with zero attached hydrogens (tertiary/aromatic N) is 3. The third kappa shape index (κ3) is 9.41. The van der Waals surface area contributed by atoms with Gasteiger partial charge in [-0.1, -0.05) is 12.1 Å². The largest absolute Gasteiger partial charge is 0.490 e. The van der Waals surface area contributed by atoms with Crippen molar-refractivity contribution in [2.75, 3.05) is 38.7 Å². The van der Waals surface area contributed by atoms with Crippen molar-refractivity contribution in [3.63, 3.8) is 0 Å². The molecular weight excluding hydrogens is 602 g/mol. The average Bonchev–Trinajstić information content (AvgIpc) is 3.31. The summed E-state index contributed by atoms with van der Waals surface area (Å²) in [6, 6.07) is 3.87. The zero-order valence-electron chi connectivity index (χ0n) is 27.6. The number of aliphatic hydroxyl groups is 1. The number of carbonyl (C=O) groups is 2. The second kappa shape index (κ2) is 15.9. The number of carbonyl (C=O) groups excluding carboxylic acids is 2. The lowest BCUT2D eigenvalue weighted by molar-refractivity contribution is -0.00835. The standard InChI is InChI=1S/C31H49N5O8S/c1-19(2)32-31(39)33-25-12-13-27-26(15-25)30(38)36(21(4)18-37)16-20(3)28(42-14-10-9-11-22(5)43-27)17-35(8)45(40,41)29-23(6)34-44-24(29)7/h12-13,15,19-22,28,37H,9-11,14,16-18H2,1-8H3,(H2,32,33,39)/t20-,21+,22+,28+/m1/s1. The van der Waals surface area contributed by atoms with Gasteiger partial charge in [0, 0.05) is 44.4 Å². The summed E-state index contributed by atoms with van der Waals surface area (Å²) >= 11 is 0. The predicted octanol–water partition coefficient (Wildman–Crippen LogP) is 3.94. The highest BCUT2D eigenvalue weighted by Crippen LogP contribution is 2.29. The van der Waals surface area contributed by atoms with E-state index in [1.54, 1.807) is 43.9 Å². The smallest absolute Gasteiger partial charge is 0.319 e. The maximum atomic E-state index is 14.2. The summed E-state index contributed by atoms with van der Waals surface area (Å²) in [4.78, 5) is 28.2. The van der Waals surface area contributed by atoms with E-state index in [0.717, 1.165) is 12.8 Å². The van der Waals surface area contributed by atoms with Crippen LogP contribution in [0.4, 0.5) is 10.5 Å². The molecule has 0 saturated heterocycles. The third-order valence-corrected chi connectivity index (χ3v) is 9.87. The quantitative estimate of drug-likeness (QED) is 0.384. The van der Waals surface area contributed by atoms with Crippen molar-refractivity contribution in [3.8, 4) is 5.75 Å². The summed E-state index contributed by atoms with van der Waals surface area (Å²) < 4.78 is 45.9. The Balaban J connectivity index is 1.97. The van der Waals surface area contributed by atoms with Gasteiger partial charge in [-0.2, -0.15) is 4.31 Å². The van der Waals surface area contributed by atoms with Crippen LogP contribution in [0.1, 0.15) is 75.7 Å². The number of ether oxygens (including phenoxy) is 2. The number of amides is 3. The van der Waals surface area contributed by atoms with Crippen LogP contribution in [0.5, 0.6) is 5.75 Å². The fourth-order valence-electron chi connectivity index (χ4n) is 5.24. The Kier molecular flexibility index (Phi) is 12.8. The van der Waals surface area contributed by atoms with Gasteiger partial charge in [-0.15, -0.1) is 0 Å². The van der Waals surface area contributed by atoms with Crippen molar-refractivity contribution in [1.82, 2.24) is 19.7 Å². The fourth-order valence-corrected chi connectivity index (χ4v) is 6.71. The number of nitrogens with one attached hydrogen (secondary N) is 2. The maximum absolute atomic E-state index is 14.2. The lowest BCUT2D eigenvalue weighted by Gasteiger charge is -2.35. The highest BCUT2D eigenvalue weighted by molar-refractivity contribution is 7.89. The number of sulfonamides is 1. The van der Waals surface area contributed by atoms with Crippen LogP contribution in [-0.2, 0) is 14.8 Å². The van der Waals surface area contributed by atoms with Crippen molar-refractivity contribution in [3.05, 3.63) is 35.2 Å². The highest BCUT2D eigenvalue weighted by atomic mass is 32.2. The molecular formula is C31H49N5O8S. The number of aryl methyl sites for hydroxylation is 2. The zero-order valence-corrected chi connectivity index (χ0v) is 28.4. The Morgan fingerprint density at radius 2 is 1.91 bits per heavy atom. The normalized spacial score (nSPS) is 21.2. The van der Waals surface area contributed by atoms with E-state index in [1.165, 1.54) is 11.4 Å². The van der Waals surface area contributed by atoms with E-state index < -0.39 is 34.1 Å². The molecule has 13 nitrogen and oxygen atoms in total. The second-order valence-electron chi connectivity index (χ2n) is 12.2. The molecule has 2 heterocycles. The van der Waals surface area contributed by atoms with Crippen LogP contribution >= 0.6 is 0 Å².